The number of nitrogen functional groups attached to an aromatic ring is 1. The predicted molar refractivity (Wildman–Crippen MR) is 79.2 cm³/mol. The Morgan fingerprint density at radius 2 is 2.23 bits per heavy atom. The van der Waals surface area contributed by atoms with Gasteiger partial charge in [-0.3, -0.25) is 4.57 Å². The van der Waals surface area contributed by atoms with Gasteiger partial charge >= 0.3 is 0 Å². The third kappa shape index (κ3) is 2.63. The number of fused-ring (bicyclic) bond motifs is 1. The number of imidazole rings is 1. The minimum absolute atomic E-state index is 0.00243. The number of ether oxygens (including phenoxy) is 1. The van der Waals surface area contributed by atoms with Gasteiger partial charge in [0.15, 0.2) is 22.1 Å². The molecule has 3 heterocycles. The molecule has 0 radical (unpaired) electrons. The van der Waals surface area contributed by atoms with Crippen molar-refractivity contribution < 1.29 is 20.1 Å². The predicted octanol–water partition coefficient (Wildman–Crippen LogP) is -0.866. The molecular formula is C12H17N5O4S. The van der Waals surface area contributed by atoms with Crippen molar-refractivity contribution in [1.29, 1.82) is 0 Å². The van der Waals surface area contributed by atoms with Gasteiger partial charge in [0.05, 0.1) is 19.3 Å². The van der Waals surface area contributed by atoms with Crippen LogP contribution in [0.4, 0.5) is 5.82 Å². The van der Waals surface area contributed by atoms with E-state index in [2.05, 4.69) is 15.0 Å². The fourth-order valence-electron chi connectivity index (χ4n) is 2.44. The van der Waals surface area contributed by atoms with Crippen LogP contribution in [0.2, 0.25) is 0 Å². The Hall–Kier alpha value is -1.46. The Kier molecular flexibility index (Phi) is 4.45. The van der Waals surface area contributed by atoms with Crippen molar-refractivity contribution in [1.82, 2.24) is 19.5 Å². The van der Waals surface area contributed by atoms with Crippen molar-refractivity contribution in [2.45, 2.75) is 30.0 Å². The molecule has 1 aliphatic rings. The molecular weight excluding hydrogens is 310 g/mol. The van der Waals surface area contributed by atoms with Gasteiger partial charge in [-0.15, -0.1) is 0 Å². The largest absolute Gasteiger partial charge is 0.396 e. The average Bonchev–Trinajstić information content (AvgIpc) is 3.06. The third-order valence-corrected chi connectivity index (χ3v) is 4.40. The van der Waals surface area contributed by atoms with Gasteiger partial charge in [0.25, 0.3) is 0 Å². The average molecular weight is 327 g/mol. The van der Waals surface area contributed by atoms with Crippen LogP contribution in [0.1, 0.15) is 12.6 Å². The van der Waals surface area contributed by atoms with Crippen molar-refractivity contribution >= 4 is 28.7 Å². The molecule has 0 amide bonds. The maximum Gasteiger partial charge on any atom is 0.172 e. The molecule has 2 aromatic rings. The van der Waals surface area contributed by atoms with Gasteiger partial charge < -0.3 is 25.8 Å². The molecule has 22 heavy (non-hydrogen) atoms. The Morgan fingerprint density at radius 3 is 2.91 bits per heavy atom. The van der Waals surface area contributed by atoms with Gasteiger partial charge in [0.2, 0.25) is 0 Å². The van der Waals surface area contributed by atoms with E-state index in [0.717, 1.165) is 0 Å². The SMILES string of the molecule is Nc1ncnc2c1nc(SCCO)n2[C@H]1C[C@H](O)[C@@H](CO)O1. The van der Waals surface area contributed by atoms with E-state index in [9.17, 15) is 10.2 Å². The van der Waals surface area contributed by atoms with Crippen LogP contribution in [0, 0.1) is 0 Å². The van der Waals surface area contributed by atoms with Gasteiger partial charge in [-0.1, -0.05) is 11.8 Å². The second kappa shape index (κ2) is 6.34. The third-order valence-electron chi connectivity index (χ3n) is 3.47. The molecule has 1 saturated heterocycles. The van der Waals surface area contributed by atoms with Crippen LogP contribution in [0.5, 0.6) is 0 Å². The molecule has 0 bridgehead atoms. The first-order valence-electron chi connectivity index (χ1n) is 6.82. The highest BCUT2D eigenvalue weighted by Gasteiger charge is 2.36. The van der Waals surface area contributed by atoms with Crippen molar-refractivity contribution in [3.8, 4) is 0 Å². The summed E-state index contributed by atoms with van der Waals surface area (Å²) in [7, 11) is 0. The summed E-state index contributed by atoms with van der Waals surface area (Å²) in [5.74, 6) is 0.710. The minimum atomic E-state index is -0.762. The highest BCUT2D eigenvalue weighted by atomic mass is 32.2. The number of aliphatic hydroxyl groups excluding tert-OH is 3. The lowest BCUT2D eigenvalue weighted by Crippen LogP contribution is -2.24. The molecule has 10 heteroatoms. The van der Waals surface area contributed by atoms with E-state index in [-0.39, 0.29) is 19.0 Å². The highest BCUT2D eigenvalue weighted by molar-refractivity contribution is 7.99. The number of thioether (sulfide) groups is 1. The smallest absolute Gasteiger partial charge is 0.172 e. The van der Waals surface area contributed by atoms with E-state index < -0.39 is 18.4 Å². The number of nitrogens with two attached hydrogens (primary N) is 1. The van der Waals surface area contributed by atoms with E-state index in [4.69, 9.17) is 15.6 Å². The number of aromatic nitrogens is 4. The summed E-state index contributed by atoms with van der Waals surface area (Å²) in [6.45, 7) is -0.261. The van der Waals surface area contributed by atoms with E-state index in [0.29, 0.717) is 28.5 Å². The van der Waals surface area contributed by atoms with Crippen molar-refractivity contribution in [3.05, 3.63) is 6.33 Å². The number of rotatable bonds is 5. The quantitative estimate of drug-likeness (QED) is 0.516. The number of hydrogen-bond acceptors (Lipinski definition) is 9. The monoisotopic (exact) mass is 327 g/mol. The van der Waals surface area contributed by atoms with Crippen LogP contribution in [-0.4, -0.2) is 66.0 Å². The first-order valence-corrected chi connectivity index (χ1v) is 7.80. The zero-order chi connectivity index (χ0) is 15.7. The van der Waals surface area contributed by atoms with Crippen LogP contribution >= 0.6 is 11.8 Å². The van der Waals surface area contributed by atoms with Gasteiger partial charge in [0.1, 0.15) is 18.7 Å². The highest BCUT2D eigenvalue weighted by Crippen LogP contribution is 2.35. The van der Waals surface area contributed by atoms with Crippen LogP contribution in [0.3, 0.4) is 0 Å². The minimum Gasteiger partial charge on any atom is -0.396 e. The second-order valence-electron chi connectivity index (χ2n) is 4.88. The topological polar surface area (TPSA) is 140 Å². The summed E-state index contributed by atoms with van der Waals surface area (Å²) in [4.78, 5) is 12.5. The van der Waals surface area contributed by atoms with Crippen LogP contribution < -0.4 is 5.73 Å². The molecule has 120 valence electrons. The lowest BCUT2D eigenvalue weighted by atomic mass is 10.2. The molecule has 9 nitrogen and oxygen atoms in total. The molecule has 5 N–H and O–H groups in total. The summed E-state index contributed by atoms with van der Waals surface area (Å²) < 4.78 is 7.41. The van der Waals surface area contributed by atoms with Crippen LogP contribution in [0.15, 0.2) is 11.5 Å². The lowest BCUT2D eigenvalue weighted by Gasteiger charge is -2.16. The van der Waals surface area contributed by atoms with Crippen molar-refractivity contribution in [2.24, 2.45) is 0 Å². The maximum atomic E-state index is 9.93. The first kappa shape index (κ1) is 15.4. The molecule has 0 aromatic carbocycles. The Labute approximate surface area is 130 Å². The Morgan fingerprint density at radius 1 is 1.41 bits per heavy atom. The number of hydrogen-bond donors (Lipinski definition) is 4. The standard InChI is InChI=1S/C12H17N5O4S/c13-10-9-11(15-5-14-10)17(12(16-9)22-2-1-18)8-3-6(20)7(4-19)21-8/h5-8,18-20H,1-4H2,(H2,13,14,15)/t6-,7+,8+/m0/s1. The van der Waals surface area contributed by atoms with Gasteiger partial charge in [0, 0.05) is 12.2 Å². The summed E-state index contributed by atoms with van der Waals surface area (Å²) in [5.41, 5.74) is 6.79. The van der Waals surface area contributed by atoms with E-state index in [1.807, 2.05) is 0 Å². The summed E-state index contributed by atoms with van der Waals surface area (Å²) in [6, 6.07) is 0. The fraction of sp³-hybridized carbons (Fsp3) is 0.583. The summed E-state index contributed by atoms with van der Waals surface area (Å²) in [6.07, 6.45) is -0.259. The molecule has 2 aromatic heterocycles. The normalized spacial score (nSPS) is 25.1. The van der Waals surface area contributed by atoms with Crippen LogP contribution in [0.25, 0.3) is 11.2 Å². The molecule has 0 aliphatic carbocycles. The van der Waals surface area contributed by atoms with Gasteiger partial charge in [-0.05, 0) is 0 Å². The molecule has 3 atom stereocenters. The Balaban J connectivity index is 2.04. The van der Waals surface area contributed by atoms with Gasteiger partial charge in [-0.25, -0.2) is 15.0 Å². The van der Waals surface area contributed by atoms with E-state index in [1.54, 1.807) is 4.57 Å². The van der Waals surface area contributed by atoms with E-state index >= 15 is 0 Å². The van der Waals surface area contributed by atoms with Gasteiger partial charge in [-0.2, -0.15) is 0 Å². The molecule has 3 rings (SSSR count). The zero-order valence-electron chi connectivity index (χ0n) is 11.7. The zero-order valence-corrected chi connectivity index (χ0v) is 12.5. The fourth-order valence-corrected chi connectivity index (χ4v) is 3.21. The molecule has 1 fully saturated rings. The van der Waals surface area contributed by atoms with Crippen LogP contribution in [-0.2, 0) is 4.74 Å². The molecule has 0 unspecified atom stereocenters. The lowest BCUT2D eigenvalue weighted by molar-refractivity contribution is -0.0457. The van der Waals surface area contributed by atoms with Crippen molar-refractivity contribution in [2.75, 3.05) is 24.7 Å². The summed E-state index contributed by atoms with van der Waals surface area (Å²) in [5, 5.41) is 28.8. The van der Waals surface area contributed by atoms with Crippen molar-refractivity contribution in [3.63, 3.8) is 0 Å². The summed E-state index contributed by atoms with van der Waals surface area (Å²) >= 11 is 1.33. The first-order chi connectivity index (χ1) is 10.7. The number of anilines is 1. The number of nitrogens with zero attached hydrogens (tertiary/aromatic N) is 4. The number of aliphatic hydroxyl groups is 3. The molecule has 0 saturated carbocycles. The maximum absolute atomic E-state index is 9.93. The molecule has 0 spiro atoms. The Bertz CT molecular complexity index is 666. The molecule has 1 aliphatic heterocycles. The second-order valence-corrected chi connectivity index (χ2v) is 5.94. The van der Waals surface area contributed by atoms with E-state index in [1.165, 1.54) is 18.1 Å².